The molecule has 0 fully saturated rings. The van der Waals surface area contributed by atoms with Gasteiger partial charge in [0.25, 0.3) is 0 Å². The lowest BCUT2D eigenvalue weighted by atomic mass is 10.2. The molecule has 1 aromatic heterocycles. The molecule has 0 saturated heterocycles. The Morgan fingerprint density at radius 3 is 2.46 bits per heavy atom. The maximum absolute atomic E-state index is 11.9. The van der Waals surface area contributed by atoms with Gasteiger partial charge in [-0.25, -0.2) is 0 Å². The molecule has 0 atom stereocenters. The minimum Gasteiger partial charge on any atom is -0.489 e. The van der Waals surface area contributed by atoms with Gasteiger partial charge >= 0.3 is 0 Å². The molecule has 0 aliphatic rings. The average Bonchev–Trinajstić information content (AvgIpc) is 2.71. The van der Waals surface area contributed by atoms with Crippen molar-refractivity contribution >= 4 is 12.0 Å². The van der Waals surface area contributed by atoms with Gasteiger partial charge < -0.3 is 10.1 Å². The zero-order valence-corrected chi connectivity index (χ0v) is 14.3. The average molecular weight is 344 g/mol. The monoisotopic (exact) mass is 344 g/mol. The number of carbonyl (C=O) groups is 1. The quantitative estimate of drug-likeness (QED) is 0.659. The lowest BCUT2D eigenvalue weighted by Gasteiger charge is -2.06. The molecule has 0 saturated carbocycles. The van der Waals surface area contributed by atoms with Gasteiger partial charge in [0.1, 0.15) is 12.4 Å². The highest BCUT2D eigenvalue weighted by atomic mass is 16.5. The number of rotatable bonds is 7. The molecule has 0 radical (unpaired) electrons. The number of carbonyl (C=O) groups excluding carboxylic acids is 1. The Kier molecular flexibility index (Phi) is 6.15. The summed E-state index contributed by atoms with van der Waals surface area (Å²) in [6.45, 7) is 0.947. The first-order valence-corrected chi connectivity index (χ1v) is 8.42. The third-order valence-electron chi connectivity index (χ3n) is 3.73. The van der Waals surface area contributed by atoms with Gasteiger partial charge in [0.2, 0.25) is 5.91 Å². The molecule has 130 valence electrons. The van der Waals surface area contributed by atoms with E-state index in [0.29, 0.717) is 13.2 Å². The standard InChI is InChI=1S/C22H20N2O2/c25-22(24-16-20-8-4-5-15-23-20)14-11-18-9-12-21(13-10-18)26-17-19-6-2-1-3-7-19/h1-15H,16-17H2,(H,24,25)/b14-11+. The summed E-state index contributed by atoms with van der Waals surface area (Å²) in [5, 5.41) is 2.81. The minimum absolute atomic E-state index is 0.153. The number of hydrogen-bond acceptors (Lipinski definition) is 3. The fourth-order valence-electron chi connectivity index (χ4n) is 2.33. The highest BCUT2D eigenvalue weighted by Gasteiger charge is 1.98. The highest BCUT2D eigenvalue weighted by Crippen LogP contribution is 2.15. The first-order chi connectivity index (χ1) is 12.8. The van der Waals surface area contributed by atoms with Crippen molar-refractivity contribution in [1.29, 1.82) is 0 Å². The smallest absolute Gasteiger partial charge is 0.244 e. The summed E-state index contributed by atoms with van der Waals surface area (Å²) in [5.74, 6) is 0.644. The van der Waals surface area contributed by atoms with Crippen LogP contribution in [0, 0.1) is 0 Å². The number of benzene rings is 2. The van der Waals surface area contributed by atoms with E-state index < -0.39 is 0 Å². The van der Waals surface area contributed by atoms with Crippen molar-refractivity contribution in [3.05, 3.63) is 102 Å². The normalized spacial score (nSPS) is 10.6. The van der Waals surface area contributed by atoms with E-state index in [0.717, 1.165) is 22.6 Å². The van der Waals surface area contributed by atoms with Gasteiger partial charge in [-0.15, -0.1) is 0 Å². The van der Waals surface area contributed by atoms with Crippen LogP contribution < -0.4 is 10.1 Å². The van der Waals surface area contributed by atoms with Gasteiger partial charge in [0.05, 0.1) is 12.2 Å². The summed E-state index contributed by atoms with van der Waals surface area (Å²) in [7, 11) is 0. The number of aromatic nitrogens is 1. The summed E-state index contributed by atoms with van der Waals surface area (Å²) in [6, 6.07) is 23.3. The van der Waals surface area contributed by atoms with Crippen LogP contribution in [0.4, 0.5) is 0 Å². The first kappa shape index (κ1) is 17.4. The molecule has 3 aromatic rings. The van der Waals surface area contributed by atoms with Gasteiger partial charge in [-0.3, -0.25) is 9.78 Å². The summed E-state index contributed by atoms with van der Waals surface area (Å²) in [6.07, 6.45) is 5.00. The van der Waals surface area contributed by atoms with Crippen LogP contribution in [0.15, 0.2) is 85.1 Å². The molecule has 0 bridgehead atoms. The molecule has 4 nitrogen and oxygen atoms in total. The van der Waals surface area contributed by atoms with Crippen molar-refractivity contribution in [3.63, 3.8) is 0 Å². The van der Waals surface area contributed by atoms with Crippen molar-refractivity contribution in [3.8, 4) is 5.75 Å². The SMILES string of the molecule is O=C(/C=C/c1ccc(OCc2ccccc2)cc1)NCc1ccccn1. The third kappa shape index (κ3) is 5.60. The van der Waals surface area contributed by atoms with Crippen molar-refractivity contribution in [1.82, 2.24) is 10.3 Å². The maximum Gasteiger partial charge on any atom is 0.244 e. The molecule has 26 heavy (non-hydrogen) atoms. The number of hydrogen-bond donors (Lipinski definition) is 1. The van der Waals surface area contributed by atoms with Crippen LogP contribution in [0.2, 0.25) is 0 Å². The number of nitrogens with one attached hydrogen (secondary N) is 1. The number of amides is 1. The Morgan fingerprint density at radius 2 is 1.73 bits per heavy atom. The largest absolute Gasteiger partial charge is 0.489 e. The Labute approximate surface area is 153 Å². The molecule has 4 heteroatoms. The zero-order chi connectivity index (χ0) is 18.0. The van der Waals surface area contributed by atoms with Gasteiger partial charge in [0.15, 0.2) is 0 Å². The molecule has 0 aliphatic carbocycles. The van der Waals surface area contributed by atoms with Crippen LogP contribution in [0.5, 0.6) is 5.75 Å². The molecule has 2 aromatic carbocycles. The molecule has 1 amide bonds. The Morgan fingerprint density at radius 1 is 0.962 bits per heavy atom. The van der Waals surface area contributed by atoms with E-state index in [-0.39, 0.29) is 5.91 Å². The van der Waals surface area contributed by atoms with Crippen molar-refractivity contribution in [2.75, 3.05) is 0 Å². The van der Waals surface area contributed by atoms with E-state index in [2.05, 4.69) is 10.3 Å². The van der Waals surface area contributed by atoms with Gasteiger partial charge in [-0.2, -0.15) is 0 Å². The van der Waals surface area contributed by atoms with Crippen molar-refractivity contribution in [2.45, 2.75) is 13.2 Å². The van der Waals surface area contributed by atoms with E-state index >= 15 is 0 Å². The van der Waals surface area contributed by atoms with E-state index in [1.165, 1.54) is 6.08 Å². The van der Waals surface area contributed by atoms with Crippen LogP contribution in [0.25, 0.3) is 6.08 Å². The molecular weight excluding hydrogens is 324 g/mol. The molecule has 0 spiro atoms. The second kappa shape index (κ2) is 9.18. The zero-order valence-electron chi connectivity index (χ0n) is 14.3. The van der Waals surface area contributed by atoms with Crippen LogP contribution in [-0.2, 0) is 17.9 Å². The van der Waals surface area contributed by atoms with Crippen molar-refractivity contribution in [2.24, 2.45) is 0 Å². The van der Waals surface area contributed by atoms with Gasteiger partial charge in [-0.1, -0.05) is 48.5 Å². The predicted octanol–water partition coefficient (Wildman–Crippen LogP) is 3.99. The lowest BCUT2D eigenvalue weighted by Crippen LogP contribution is -2.20. The number of pyridine rings is 1. The lowest BCUT2D eigenvalue weighted by molar-refractivity contribution is -0.116. The van der Waals surface area contributed by atoms with E-state index in [4.69, 9.17) is 4.74 Å². The molecule has 1 heterocycles. The summed E-state index contributed by atoms with van der Waals surface area (Å²) < 4.78 is 5.75. The van der Waals surface area contributed by atoms with Crippen LogP contribution >= 0.6 is 0 Å². The molecule has 0 unspecified atom stereocenters. The molecule has 1 N–H and O–H groups in total. The second-order valence-electron chi connectivity index (χ2n) is 5.72. The molecular formula is C22H20N2O2. The maximum atomic E-state index is 11.9. The van der Waals surface area contributed by atoms with Gasteiger partial charge in [-0.05, 0) is 41.5 Å². The molecule has 3 rings (SSSR count). The fourth-order valence-corrected chi connectivity index (χ4v) is 2.33. The number of ether oxygens (including phenoxy) is 1. The topological polar surface area (TPSA) is 51.2 Å². The first-order valence-electron chi connectivity index (χ1n) is 8.42. The van der Waals surface area contributed by atoms with Crippen LogP contribution in [0.3, 0.4) is 0 Å². The summed E-state index contributed by atoms with van der Waals surface area (Å²) in [4.78, 5) is 16.0. The summed E-state index contributed by atoms with van der Waals surface area (Å²) >= 11 is 0. The highest BCUT2D eigenvalue weighted by molar-refractivity contribution is 5.91. The number of nitrogens with zero attached hydrogens (tertiary/aromatic N) is 1. The summed E-state index contributed by atoms with van der Waals surface area (Å²) in [5.41, 5.74) is 2.89. The second-order valence-corrected chi connectivity index (χ2v) is 5.72. The minimum atomic E-state index is -0.153. The van der Waals surface area contributed by atoms with Crippen LogP contribution in [-0.4, -0.2) is 10.9 Å². The van der Waals surface area contributed by atoms with Crippen molar-refractivity contribution < 1.29 is 9.53 Å². The fraction of sp³-hybridized carbons (Fsp3) is 0.0909. The van der Waals surface area contributed by atoms with E-state index in [1.807, 2.05) is 72.8 Å². The van der Waals surface area contributed by atoms with Gasteiger partial charge in [0, 0.05) is 12.3 Å². The Balaban J connectivity index is 1.47. The van der Waals surface area contributed by atoms with E-state index in [1.54, 1.807) is 12.3 Å². The Bertz CT molecular complexity index is 844. The Hall–Kier alpha value is -3.40. The molecule has 0 aliphatic heterocycles. The third-order valence-corrected chi connectivity index (χ3v) is 3.73. The van der Waals surface area contributed by atoms with Crippen LogP contribution in [0.1, 0.15) is 16.8 Å². The predicted molar refractivity (Wildman–Crippen MR) is 102 cm³/mol. The van der Waals surface area contributed by atoms with E-state index in [9.17, 15) is 4.79 Å².